The molecule has 0 fully saturated rings. The van der Waals surface area contributed by atoms with Crippen LogP contribution >= 0.6 is 0 Å². The molecule has 0 aliphatic rings. The van der Waals surface area contributed by atoms with E-state index in [1.165, 1.54) is 6.07 Å². The van der Waals surface area contributed by atoms with Crippen molar-refractivity contribution in [3.63, 3.8) is 0 Å². The Kier molecular flexibility index (Phi) is 12.2. The van der Waals surface area contributed by atoms with Gasteiger partial charge in [-0.3, -0.25) is 4.79 Å². The number of halogens is 2. The summed E-state index contributed by atoms with van der Waals surface area (Å²) in [7, 11) is 0. The van der Waals surface area contributed by atoms with Crippen molar-refractivity contribution in [2.75, 3.05) is 26.2 Å². The SMILES string of the molecule is CCCNC(=O)CCNC(=NCc1ccc(OCCC)cc1OC(F)F)NCC. The Labute approximate surface area is 171 Å². The van der Waals surface area contributed by atoms with Crippen molar-refractivity contribution in [3.8, 4) is 11.5 Å². The molecule has 1 rings (SSSR count). The topological polar surface area (TPSA) is 84.0 Å². The van der Waals surface area contributed by atoms with Crippen LogP contribution in [0.1, 0.15) is 45.6 Å². The van der Waals surface area contributed by atoms with Crippen molar-refractivity contribution in [1.29, 1.82) is 0 Å². The van der Waals surface area contributed by atoms with Gasteiger partial charge < -0.3 is 25.4 Å². The molecule has 0 saturated carbocycles. The van der Waals surface area contributed by atoms with Gasteiger partial charge in [-0.2, -0.15) is 8.78 Å². The summed E-state index contributed by atoms with van der Waals surface area (Å²) in [5.74, 6) is 0.959. The van der Waals surface area contributed by atoms with E-state index < -0.39 is 6.61 Å². The first-order valence-corrected chi connectivity index (χ1v) is 9.99. The number of guanidine groups is 1. The van der Waals surface area contributed by atoms with Gasteiger partial charge in [0.15, 0.2) is 5.96 Å². The number of carbonyl (C=O) groups is 1. The van der Waals surface area contributed by atoms with Crippen LogP contribution in [0.25, 0.3) is 0 Å². The number of hydrogen-bond donors (Lipinski definition) is 3. The summed E-state index contributed by atoms with van der Waals surface area (Å²) in [5, 5.41) is 8.93. The van der Waals surface area contributed by atoms with Crippen LogP contribution in [-0.4, -0.2) is 44.7 Å². The fraction of sp³-hybridized carbons (Fsp3) is 0.600. The van der Waals surface area contributed by atoms with Crippen LogP contribution in [0.5, 0.6) is 11.5 Å². The number of nitrogens with one attached hydrogen (secondary N) is 3. The number of ether oxygens (including phenoxy) is 2. The quantitative estimate of drug-likeness (QED) is 0.341. The summed E-state index contributed by atoms with van der Waals surface area (Å²) in [6.07, 6.45) is 2.01. The minimum Gasteiger partial charge on any atom is -0.493 e. The molecule has 164 valence electrons. The lowest BCUT2D eigenvalue weighted by molar-refractivity contribution is -0.120. The third-order valence-corrected chi connectivity index (χ3v) is 3.70. The van der Waals surface area contributed by atoms with Gasteiger partial charge >= 0.3 is 6.61 Å². The average molecular weight is 414 g/mol. The molecule has 7 nitrogen and oxygen atoms in total. The Hall–Kier alpha value is -2.58. The molecule has 0 aliphatic carbocycles. The van der Waals surface area contributed by atoms with Crippen molar-refractivity contribution in [1.82, 2.24) is 16.0 Å². The number of rotatable bonds is 13. The summed E-state index contributed by atoms with van der Waals surface area (Å²) >= 11 is 0. The molecule has 29 heavy (non-hydrogen) atoms. The smallest absolute Gasteiger partial charge is 0.387 e. The molecule has 1 aromatic carbocycles. The van der Waals surface area contributed by atoms with Crippen molar-refractivity contribution < 1.29 is 23.0 Å². The Bertz CT molecular complexity index is 642. The van der Waals surface area contributed by atoms with Crippen molar-refractivity contribution in [2.24, 2.45) is 4.99 Å². The van der Waals surface area contributed by atoms with Crippen LogP contribution in [0.3, 0.4) is 0 Å². The molecule has 9 heteroatoms. The lowest BCUT2D eigenvalue weighted by Crippen LogP contribution is -2.39. The van der Waals surface area contributed by atoms with E-state index in [9.17, 15) is 13.6 Å². The maximum absolute atomic E-state index is 12.8. The lowest BCUT2D eigenvalue weighted by atomic mass is 10.2. The van der Waals surface area contributed by atoms with Crippen LogP contribution in [-0.2, 0) is 11.3 Å². The number of nitrogens with zero attached hydrogens (tertiary/aromatic N) is 1. The highest BCUT2D eigenvalue weighted by Gasteiger charge is 2.12. The fourth-order valence-electron chi connectivity index (χ4n) is 2.33. The molecule has 0 aromatic heterocycles. The highest BCUT2D eigenvalue weighted by molar-refractivity contribution is 5.81. The maximum Gasteiger partial charge on any atom is 0.387 e. The molecular weight excluding hydrogens is 382 g/mol. The number of carbonyl (C=O) groups excluding carboxylic acids is 1. The van der Waals surface area contributed by atoms with E-state index in [1.807, 2.05) is 20.8 Å². The molecule has 1 aromatic rings. The molecule has 0 spiro atoms. The normalized spacial score (nSPS) is 11.3. The molecule has 0 aliphatic heterocycles. The second-order valence-electron chi connectivity index (χ2n) is 6.22. The number of aliphatic imine (C=N–C) groups is 1. The van der Waals surface area contributed by atoms with Gasteiger partial charge in [0, 0.05) is 37.7 Å². The molecule has 0 atom stereocenters. The third kappa shape index (κ3) is 10.5. The first-order valence-electron chi connectivity index (χ1n) is 9.99. The standard InChI is InChI=1S/C20H32F2N4O3/c1-4-10-24-18(27)9-11-25-20(23-6-3)26-14-15-7-8-16(28-12-5-2)13-17(15)29-19(21)22/h7-8,13,19H,4-6,9-12,14H2,1-3H3,(H,24,27)(H2,23,25,26). The summed E-state index contributed by atoms with van der Waals surface area (Å²) in [5.41, 5.74) is 0.507. The van der Waals surface area contributed by atoms with Crippen molar-refractivity contribution in [2.45, 2.75) is 53.2 Å². The minimum absolute atomic E-state index is 0.0344. The van der Waals surface area contributed by atoms with Gasteiger partial charge in [0.2, 0.25) is 5.91 Å². The molecular formula is C20H32F2N4O3. The average Bonchev–Trinajstić information content (AvgIpc) is 2.69. The number of alkyl halides is 2. The summed E-state index contributed by atoms with van der Waals surface area (Å²) in [4.78, 5) is 16.1. The molecule has 0 radical (unpaired) electrons. The molecule has 0 heterocycles. The molecule has 3 N–H and O–H groups in total. The Balaban J connectivity index is 2.76. The van der Waals surface area contributed by atoms with E-state index in [-0.39, 0.29) is 18.2 Å². The fourth-order valence-corrected chi connectivity index (χ4v) is 2.33. The summed E-state index contributed by atoms with van der Waals surface area (Å²) in [6, 6.07) is 4.82. The van der Waals surface area contributed by atoms with Crippen LogP contribution in [0.15, 0.2) is 23.2 Å². The second-order valence-corrected chi connectivity index (χ2v) is 6.22. The third-order valence-electron chi connectivity index (χ3n) is 3.70. The number of hydrogen-bond acceptors (Lipinski definition) is 4. The molecule has 1 amide bonds. The lowest BCUT2D eigenvalue weighted by Gasteiger charge is -2.14. The monoisotopic (exact) mass is 414 g/mol. The summed E-state index contributed by atoms with van der Waals surface area (Å²) in [6.45, 7) is 5.23. The Morgan fingerprint density at radius 3 is 2.55 bits per heavy atom. The van der Waals surface area contributed by atoms with Gasteiger partial charge in [-0.1, -0.05) is 13.8 Å². The minimum atomic E-state index is -2.94. The van der Waals surface area contributed by atoms with Crippen molar-refractivity contribution >= 4 is 11.9 Å². The van der Waals surface area contributed by atoms with E-state index in [4.69, 9.17) is 4.74 Å². The first-order chi connectivity index (χ1) is 14.0. The zero-order chi connectivity index (χ0) is 21.5. The molecule has 0 bridgehead atoms. The zero-order valence-corrected chi connectivity index (χ0v) is 17.4. The maximum atomic E-state index is 12.8. The van der Waals surface area contributed by atoms with Crippen LogP contribution in [0, 0.1) is 0 Å². The highest BCUT2D eigenvalue weighted by atomic mass is 19.3. The van der Waals surface area contributed by atoms with Gasteiger partial charge in [0.1, 0.15) is 11.5 Å². The van der Waals surface area contributed by atoms with Crippen LogP contribution in [0.2, 0.25) is 0 Å². The van der Waals surface area contributed by atoms with E-state index in [0.717, 1.165) is 12.8 Å². The zero-order valence-electron chi connectivity index (χ0n) is 17.4. The first kappa shape index (κ1) is 24.5. The number of amides is 1. The number of benzene rings is 1. The van der Waals surface area contributed by atoms with E-state index in [2.05, 4.69) is 25.7 Å². The van der Waals surface area contributed by atoms with E-state index >= 15 is 0 Å². The van der Waals surface area contributed by atoms with Crippen LogP contribution in [0.4, 0.5) is 8.78 Å². The van der Waals surface area contributed by atoms with Gasteiger partial charge in [-0.15, -0.1) is 0 Å². The predicted molar refractivity (Wildman–Crippen MR) is 110 cm³/mol. The van der Waals surface area contributed by atoms with E-state index in [0.29, 0.717) is 49.9 Å². The molecule has 0 saturated heterocycles. The van der Waals surface area contributed by atoms with Gasteiger partial charge in [0.25, 0.3) is 0 Å². The predicted octanol–water partition coefficient (Wildman–Crippen LogP) is 3.05. The molecule has 0 unspecified atom stereocenters. The largest absolute Gasteiger partial charge is 0.493 e. The Morgan fingerprint density at radius 2 is 1.90 bits per heavy atom. The van der Waals surface area contributed by atoms with Gasteiger partial charge in [-0.25, -0.2) is 4.99 Å². The second kappa shape index (κ2) is 14.4. The van der Waals surface area contributed by atoms with Crippen molar-refractivity contribution in [3.05, 3.63) is 23.8 Å². The highest BCUT2D eigenvalue weighted by Crippen LogP contribution is 2.27. The Morgan fingerprint density at radius 1 is 1.10 bits per heavy atom. The van der Waals surface area contributed by atoms with Gasteiger partial charge in [-0.05, 0) is 31.9 Å². The van der Waals surface area contributed by atoms with Gasteiger partial charge in [0.05, 0.1) is 13.2 Å². The van der Waals surface area contributed by atoms with E-state index in [1.54, 1.807) is 12.1 Å². The van der Waals surface area contributed by atoms with Crippen LogP contribution < -0.4 is 25.4 Å². The summed E-state index contributed by atoms with van der Waals surface area (Å²) < 4.78 is 35.7.